The van der Waals surface area contributed by atoms with E-state index in [2.05, 4.69) is 4.98 Å². The summed E-state index contributed by atoms with van der Waals surface area (Å²) in [6, 6.07) is 12.0. The lowest BCUT2D eigenvalue weighted by molar-refractivity contribution is -0.117. The second-order valence-electron chi connectivity index (χ2n) is 5.48. The number of carbonyl (C=O) groups is 1. The van der Waals surface area contributed by atoms with Crippen molar-refractivity contribution in [1.82, 2.24) is 9.97 Å². The van der Waals surface area contributed by atoms with E-state index in [0.29, 0.717) is 6.42 Å². The van der Waals surface area contributed by atoms with Crippen molar-refractivity contribution in [2.45, 2.75) is 12.8 Å². The van der Waals surface area contributed by atoms with E-state index >= 15 is 0 Å². The average Bonchev–Trinajstić information content (AvgIpc) is 3.25. The van der Waals surface area contributed by atoms with Crippen LogP contribution in [0.5, 0.6) is 0 Å². The molecule has 0 radical (unpaired) electrons. The van der Waals surface area contributed by atoms with Crippen molar-refractivity contribution in [3.05, 3.63) is 54.2 Å². The van der Waals surface area contributed by atoms with Crippen LogP contribution in [0.2, 0.25) is 0 Å². The smallest absolute Gasteiger partial charge is 0.227 e. The number of carbonyl (C=O) groups excluding carboxylic acids is 1. The molecule has 0 bridgehead atoms. The Balaban J connectivity index is 1.66. The zero-order chi connectivity index (χ0) is 15.6. The first kappa shape index (κ1) is 14.1. The van der Waals surface area contributed by atoms with E-state index in [-0.39, 0.29) is 5.91 Å². The number of thiazole rings is 1. The number of pyridine rings is 1. The number of amides is 1. The van der Waals surface area contributed by atoms with Crippen LogP contribution in [-0.2, 0) is 4.79 Å². The van der Waals surface area contributed by atoms with Gasteiger partial charge in [0.15, 0.2) is 0 Å². The molecule has 1 aliphatic rings. The van der Waals surface area contributed by atoms with Crippen molar-refractivity contribution >= 4 is 22.9 Å². The third-order valence-electron chi connectivity index (χ3n) is 3.94. The zero-order valence-corrected chi connectivity index (χ0v) is 13.3. The first-order valence-corrected chi connectivity index (χ1v) is 8.46. The quantitative estimate of drug-likeness (QED) is 0.732. The SMILES string of the molecule is O=C1CCCN1c1cccc(-c2csc(-c3cccnc3)n2)c1. The number of hydrogen-bond acceptors (Lipinski definition) is 4. The van der Waals surface area contributed by atoms with E-state index in [4.69, 9.17) is 4.98 Å². The normalized spacial score (nSPS) is 14.4. The standard InChI is InChI=1S/C18H15N3OS/c22-17-7-3-9-21(17)15-6-1-4-13(10-15)16-12-23-18(20-16)14-5-2-8-19-11-14/h1-2,4-6,8,10-12H,3,7,9H2. The lowest BCUT2D eigenvalue weighted by Crippen LogP contribution is -2.23. The Hall–Kier alpha value is -2.53. The van der Waals surface area contributed by atoms with Gasteiger partial charge in [-0.2, -0.15) is 0 Å². The fraction of sp³-hybridized carbons (Fsp3) is 0.167. The fourth-order valence-corrected chi connectivity index (χ4v) is 3.60. The maximum Gasteiger partial charge on any atom is 0.227 e. The molecule has 3 aromatic rings. The van der Waals surface area contributed by atoms with Crippen LogP contribution in [0.25, 0.3) is 21.8 Å². The average molecular weight is 321 g/mol. The first-order chi connectivity index (χ1) is 11.3. The van der Waals surface area contributed by atoms with Gasteiger partial charge in [-0.05, 0) is 30.7 Å². The van der Waals surface area contributed by atoms with E-state index < -0.39 is 0 Å². The molecule has 114 valence electrons. The second-order valence-corrected chi connectivity index (χ2v) is 6.34. The van der Waals surface area contributed by atoms with Crippen LogP contribution in [-0.4, -0.2) is 22.4 Å². The Labute approximate surface area is 138 Å². The van der Waals surface area contributed by atoms with Crippen molar-refractivity contribution in [1.29, 1.82) is 0 Å². The molecule has 1 saturated heterocycles. The molecule has 0 spiro atoms. The molecule has 4 rings (SSSR count). The van der Waals surface area contributed by atoms with Gasteiger partial charge in [0.2, 0.25) is 5.91 Å². The van der Waals surface area contributed by atoms with Crippen molar-refractivity contribution in [2.24, 2.45) is 0 Å². The van der Waals surface area contributed by atoms with Crippen LogP contribution in [0.1, 0.15) is 12.8 Å². The van der Waals surface area contributed by atoms with Crippen LogP contribution in [0.15, 0.2) is 54.2 Å². The molecule has 4 nitrogen and oxygen atoms in total. The monoisotopic (exact) mass is 321 g/mol. The van der Waals surface area contributed by atoms with E-state index in [1.54, 1.807) is 17.5 Å². The Morgan fingerprint density at radius 1 is 1.13 bits per heavy atom. The van der Waals surface area contributed by atoms with Gasteiger partial charge >= 0.3 is 0 Å². The third-order valence-corrected chi connectivity index (χ3v) is 4.83. The van der Waals surface area contributed by atoms with Crippen LogP contribution >= 0.6 is 11.3 Å². The molecule has 0 saturated carbocycles. The summed E-state index contributed by atoms with van der Waals surface area (Å²) >= 11 is 1.60. The molecular weight excluding hydrogens is 306 g/mol. The van der Waals surface area contributed by atoms with Crippen molar-refractivity contribution < 1.29 is 4.79 Å². The highest BCUT2D eigenvalue weighted by Gasteiger charge is 2.22. The Morgan fingerprint density at radius 2 is 2.04 bits per heavy atom. The van der Waals surface area contributed by atoms with Gasteiger partial charge in [-0.1, -0.05) is 12.1 Å². The van der Waals surface area contributed by atoms with E-state index in [9.17, 15) is 4.79 Å². The van der Waals surface area contributed by atoms with Gasteiger partial charge in [-0.3, -0.25) is 9.78 Å². The van der Waals surface area contributed by atoms with Gasteiger partial charge in [-0.25, -0.2) is 4.98 Å². The summed E-state index contributed by atoms with van der Waals surface area (Å²) < 4.78 is 0. The lowest BCUT2D eigenvalue weighted by Gasteiger charge is -2.16. The van der Waals surface area contributed by atoms with Crippen LogP contribution in [0, 0.1) is 0 Å². The maximum absolute atomic E-state index is 11.9. The summed E-state index contributed by atoms with van der Waals surface area (Å²) in [5, 5.41) is 3.00. The van der Waals surface area contributed by atoms with Gasteiger partial charge in [-0.15, -0.1) is 11.3 Å². The summed E-state index contributed by atoms with van der Waals surface area (Å²) in [5.41, 5.74) is 3.95. The molecule has 2 aromatic heterocycles. The number of benzene rings is 1. The van der Waals surface area contributed by atoms with E-state index in [1.807, 2.05) is 52.9 Å². The van der Waals surface area contributed by atoms with Gasteiger partial charge in [0.25, 0.3) is 0 Å². The molecule has 0 atom stereocenters. The van der Waals surface area contributed by atoms with Crippen molar-refractivity contribution in [2.75, 3.05) is 11.4 Å². The van der Waals surface area contributed by atoms with Gasteiger partial charge in [0.05, 0.1) is 5.69 Å². The van der Waals surface area contributed by atoms with Gasteiger partial charge in [0, 0.05) is 47.6 Å². The minimum atomic E-state index is 0.205. The Kier molecular flexibility index (Phi) is 3.63. The first-order valence-electron chi connectivity index (χ1n) is 7.58. The van der Waals surface area contributed by atoms with Crippen LogP contribution in [0.4, 0.5) is 5.69 Å². The second kappa shape index (κ2) is 5.93. The highest BCUT2D eigenvalue weighted by atomic mass is 32.1. The molecule has 1 aliphatic heterocycles. The van der Waals surface area contributed by atoms with Gasteiger partial charge < -0.3 is 4.90 Å². The number of rotatable bonds is 3. The Morgan fingerprint density at radius 3 is 2.83 bits per heavy atom. The molecule has 5 heteroatoms. The molecular formula is C18H15N3OS. The maximum atomic E-state index is 11.9. The minimum Gasteiger partial charge on any atom is -0.312 e. The predicted octanol–water partition coefficient (Wildman–Crippen LogP) is 4.00. The topological polar surface area (TPSA) is 46.1 Å². The highest BCUT2D eigenvalue weighted by molar-refractivity contribution is 7.13. The number of anilines is 1. The molecule has 0 N–H and O–H groups in total. The molecule has 1 amide bonds. The minimum absolute atomic E-state index is 0.205. The number of nitrogens with zero attached hydrogens (tertiary/aromatic N) is 3. The summed E-state index contributed by atoms with van der Waals surface area (Å²) in [6.07, 6.45) is 5.16. The summed E-state index contributed by atoms with van der Waals surface area (Å²) in [5.74, 6) is 0.205. The van der Waals surface area contributed by atoms with Crippen molar-refractivity contribution in [3.63, 3.8) is 0 Å². The third kappa shape index (κ3) is 2.75. The molecule has 1 fully saturated rings. The van der Waals surface area contributed by atoms with Gasteiger partial charge in [0.1, 0.15) is 5.01 Å². The Bertz CT molecular complexity index is 844. The van der Waals surface area contributed by atoms with Crippen LogP contribution < -0.4 is 4.90 Å². The summed E-state index contributed by atoms with van der Waals surface area (Å²) in [7, 11) is 0. The molecule has 0 unspecified atom stereocenters. The summed E-state index contributed by atoms with van der Waals surface area (Å²) in [4.78, 5) is 22.6. The molecule has 3 heterocycles. The summed E-state index contributed by atoms with van der Waals surface area (Å²) in [6.45, 7) is 0.806. The molecule has 0 aliphatic carbocycles. The van der Waals surface area contributed by atoms with Crippen LogP contribution in [0.3, 0.4) is 0 Å². The largest absolute Gasteiger partial charge is 0.312 e. The number of aromatic nitrogens is 2. The lowest BCUT2D eigenvalue weighted by atomic mass is 10.1. The predicted molar refractivity (Wildman–Crippen MR) is 92.4 cm³/mol. The van der Waals surface area contributed by atoms with E-state index in [1.165, 1.54) is 0 Å². The highest BCUT2D eigenvalue weighted by Crippen LogP contribution is 2.31. The van der Waals surface area contributed by atoms with E-state index in [0.717, 1.165) is 40.5 Å². The number of hydrogen-bond donors (Lipinski definition) is 0. The molecule has 1 aromatic carbocycles. The molecule has 23 heavy (non-hydrogen) atoms. The zero-order valence-electron chi connectivity index (χ0n) is 12.5. The fourth-order valence-electron chi connectivity index (χ4n) is 2.78. The van der Waals surface area contributed by atoms with Crippen molar-refractivity contribution in [3.8, 4) is 21.8 Å².